The van der Waals surface area contributed by atoms with Gasteiger partial charge in [-0.1, -0.05) is 6.92 Å². The first kappa shape index (κ1) is 17.9. The summed E-state index contributed by atoms with van der Waals surface area (Å²) in [7, 11) is 0. The SMILES string of the molecule is CCc1cc(N2CCN(c3nccc(C(F)(F)F)n3)CC2)nc(C2CC2)n1. The molecule has 2 aromatic heterocycles. The first-order valence-corrected chi connectivity index (χ1v) is 9.22. The molecule has 0 unspecified atom stereocenters. The van der Waals surface area contributed by atoms with Crippen LogP contribution in [0, 0.1) is 0 Å². The minimum absolute atomic E-state index is 0.125. The quantitative estimate of drug-likeness (QED) is 0.815. The molecule has 27 heavy (non-hydrogen) atoms. The van der Waals surface area contributed by atoms with Gasteiger partial charge in [-0.2, -0.15) is 13.2 Å². The first-order chi connectivity index (χ1) is 12.9. The molecule has 6 nitrogen and oxygen atoms in total. The molecule has 1 saturated carbocycles. The van der Waals surface area contributed by atoms with Crippen LogP contribution >= 0.6 is 0 Å². The van der Waals surface area contributed by atoms with Crippen LogP contribution < -0.4 is 9.80 Å². The third-order valence-electron chi connectivity index (χ3n) is 4.91. The molecule has 2 aliphatic rings. The smallest absolute Gasteiger partial charge is 0.353 e. The predicted octanol–water partition coefficient (Wildman–Crippen LogP) is 3.05. The zero-order chi connectivity index (χ0) is 19.0. The molecule has 0 atom stereocenters. The number of nitrogens with zero attached hydrogens (tertiary/aromatic N) is 6. The van der Waals surface area contributed by atoms with Crippen molar-refractivity contribution in [2.24, 2.45) is 0 Å². The van der Waals surface area contributed by atoms with E-state index in [1.807, 2.05) is 6.07 Å². The molecule has 0 amide bonds. The highest BCUT2D eigenvalue weighted by Crippen LogP contribution is 2.38. The van der Waals surface area contributed by atoms with Gasteiger partial charge in [-0.3, -0.25) is 0 Å². The van der Waals surface area contributed by atoms with Gasteiger partial charge in [0, 0.05) is 50.1 Å². The van der Waals surface area contributed by atoms with E-state index >= 15 is 0 Å². The van der Waals surface area contributed by atoms with E-state index in [9.17, 15) is 13.2 Å². The number of halogens is 3. The lowest BCUT2D eigenvalue weighted by molar-refractivity contribution is -0.141. The summed E-state index contributed by atoms with van der Waals surface area (Å²) in [6.45, 7) is 4.48. The maximum absolute atomic E-state index is 12.9. The highest BCUT2D eigenvalue weighted by Gasteiger charge is 2.34. The molecule has 144 valence electrons. The molecule has 2 aromatic rings. The summed E-state index contributed by atoms with van der Waals surface area (Å²) in [6.07, 6.45) is -0.151. The normalized spacial score (nSPS) is 18.1. The molecule has 4 rings (SSSR count). The van der Waals surface area contributed by atoms with Crippen LogP contribution in [0.4, 0.5) is 24.9 Å². The van der Waals surface area contributed by atoms with E-state index in [1.54, 1.807) is 4.90 Å². The van der Waals surface area contributed by atoms with Gasteiger partial charge in [0.15, 0.2) is 0 Å². The minimum atomic E-state index is -4.46. The van der Waals surface area contributed by atoms with Crippen LogP contribution in [-0.4, -0.2) is 46.1 Å². The molecule has 1 aliphatic carbocycles. The summed E-state index contributed by atoms with van der Waals surface area (Å²) in [5.41, 5.74) is 0.123. The number of hydrogen-bond acceptors (Lipinski definition) is 6. The molecule has 0 radical (unpaired) electrons. The summed E-state index contributed by atoms with van der Waals surface area (Å²) in [5.74, 6) is 2.44. The summed E-state index contributed by atoms with van der Waals surface area (Å²) < 4.78 is 38.6. The Balaban J connectivity index is 1.47. The van der Waals surface area contributed by atoms with Crippen molar-refractivity contribution in [3.63, 3.8) is 0 Å². The lowest BCUT2D eigenvalue weighted by atomic mass is 10.2. The van der Waals surface area contributed by atoms with Crippen LogP contribution in [0.5, 0.6) is 0 Å². The molecule has 0 aromatic carbocycles. The van der Waals surface area contributed by atoms with E-state index in [0.29, 0.717) is 32.1 Å². The molecular formula is C18H21F3N6. The van der Waals surface area contributed by atoms with Gasteiger partial charge >= 0.3 is 6.18 Å². The fraction of sp³-hybridized carbons (Fsp3) is 0.556. The van der Waals surface area contributed by atoms with Gasteiger partial charge in [-0.25, -0.2) is 19.9 Å². The van der Waals surface area contributed by atoms with Crippen molar-refractivity contribution in [2.75, 3.05) is 36.0 Å². The molecule has 1 saturated heterocycles. The highest BCUT2D eigenvalue weighted by atomic mass is 19.4. The third-order valence-corrected chi connectivity index (χ3v) is 4.91. The minimum Gasteiger partial charge on any atom is -0.353 e. The van der Waals surface area contributed by atoms with Gasteiger partial charge < -0.3 is 9.80 Å². The summed E-state index contributed by atoms with van der Waals surface area (Å²) in [6, 6.07) is 2.91. The second kappa shape index (κ2) is 6.94. The van der Waals surface area contributed by atoms with E-state index in [-0.39, 0.29) is 5.95 Å². The standard InChI is InChI=1S/C18H21F3N6/c1-2-13-11-15(25-16(23-13)12-3-4-12)26-7-9-27(10-8-26)17-22-6-5-14(24-17)18(19,20)21/h5-6,11-12H,2-4,7-10H2,1H3. The van der Waals surface area contributed by atoms with Crippen molar-refractivity contribution in [2.45, 2.75) is 38.3 Å². The number of anilines is 2. The van der Waals surface area contributed by atoms with Gasteiger partial charge in [0.25, 0.3) is 0 Å². The average Bonchev–Trinajstić information content (AvgIpc) is 3.52. The van der Waals surface area contributed by atoms with Gasteiger partial charge in [0.2, 0.25) is 5.95 Å². The van der Waals surface area contributed by atoms with E-state index < -0.39 is 11.9 Å². The van der Waals surface area contributed by atoms with E-state index in [4.69, 9.17) is 4.98 Å². The zero-order valence-corrected chi connectivity index (χ0v) is 15.1. The number of piperazine rings is 1. The second-order valence-electron chi connectivity index (χ2n) is 6.92. The monoisotopic (exact) mass is 378 g/mol. The number of rotatable bonds is 4. The molecular weight excluding hydrogens is 357 g/mol. The number of aryl methyl sites for hydroxylation is 1. The molecule has 0 bridgehead atoms. The van der Waals surface area contributed by atoms with Crippen LogP contribution in [0.25, 0.3) is 0 Å². The number of aromatic nitrogens is 4. The van der Waals surface area contributed by atoms with Crippen molar-refractivity contribution in [1.82, 2.24) is 19.9 Å². The van der Waals surface area contributed by atoms with Crippen LogP contribution in [-0.2, 0) is 12.6 Å². The van der Waals surface area contributed by atoms with Gasteiger partial charge in [0.1, 0.15) is 17.3 Å². The Morgan fingerprint density at radius 3 is 2.37 bits per heavy atom. The highest BCUT2D eigenvalue weighted by molar-refractivity contribution is 5.44. The van der Waals surface area contributed by atoms with E-state index in [1.165, 1.54) is 0 Å². The lowest BCUT2D eigenvalue weighted by Crippen LogP contribution is -2.47. The van der Waals surface area contributed by atoms with Crippen LogP contribution in [0.15, 0.2) is 18.3 Å². The molecule has 1 aliphatic heterocycles. The van der Waals surface area contributed by atoms with Crippen LogP contribution in [0.3, 0.4) is 0 Å². The molecule has 0 spiro atoms. The zero-order valence-electron chi connectivity index (χ0n) is 15.1. The third kappa shape index (κ3) is 3.96. The van der Waals surface area contributed by atoms with Crippen molar-refractivity contribution in [3.8, 4) is 0 Å². The first-order valence-electron chi connectivity index (χ1n) is 9.22. The fourth-order valence-corrected chi connectivity index (χ4v) is 3.16. The largest absolute Gasteiger partial charge is 0.433 e. The van der Waals surface area contributed by atoms with Crippen molar-refractivity contribution >= 4 is 11.8 Å². The maximum atomic E-state index is 12.9. The summed E-state index contributed by atoms with van der Waals surface area (Å²) in [4.78, 5) is 21.0. The van der Waals surface area contributed by atoms with Crippen LogP contribution in [0.2, 0.25) is 0 Å². The van der Waals surface area contributed by atoms with Gasteiger partial charge in [-0.15, -0.1) is 0 Å². The van der Waals surface area contributed by atoms with E-state index in [0.717, 1.165) is 48.9 Å². The Kier molecular flexibility index (Phi) is 4.61. The van der Waals surface area contributed by atoms with Gasteiger partial charge in [-0.05, 0) is 25.3 Å². The maximum Gasteiger partial charge on any atom is 0.433 e. The Morgan fingerprint density at radius 1 is 1.04 bits per heavy atom. The van der Waals surface area contributed by atoms with Crippen molar-refractivity contribution in [1.29, 1.82) is 0 Å². The number of alkyl halides is 3. The number of hydrogen-bond donors (Lipinski definition) is 0. The average molecular weight is 378 g/mol. The lowest BCUT2D eigenvalue weighted by Gasteiger charge is -2.35. The van der Waals surface area contributed by atoms with Gasteiger partial charge in [0.05, 0.1) is 0 Å². The van der Waals surface area contributed by atoms with Crippen molar-refractivity contribution < 1.29 is 13.2 Å². The van der Waals surface area contributed by atoms with Crippen molar-refractivity contribution in [3.05, 3.63) is 35.5 Å². The molecule has 0 N–H and O–H groups in total. The summed E-state index contributed by atoms with van der Waals surface area (Å²) in [5, 5.41) is 0. The molecule has 3 heterocycles. The molecule has 9 heteroatoms. The molecule has 2 fully saturated rings. The second-order valence-corrected chi connectivity index (χ2v) is 6.92. The predicted molar refractivity (Wildman–Crippen MR) is 94.8 cm³/mol. The fourth-order valence-electron chi connectivity index (χ4n) is 3.16. The van der Waals surface area contributed by atoms with E-state index in [2.05, 4.69) is 26.8 Å². The topological polar surface area (TPSA) is 58.0 Å². The Labute approximate surface area is 155 Å². The summed E-state index contributed by atoms with van der Waals surface area (Å²) >= 11 is 0. The Morgan fingerprint density at radius 2 is 1.74 bits per heavy atom. The Hall–Kier alpha value is -2.45. The Bertz CT molecular complexity index is 813. The van der Waals surface area contributed by atoms with Crippen LogP contribution in [0.1, 0.15) is 42.9 Å².